The van der Waals surface area contributed by atoms with Crippen molar-refractivity contribution in [3.8, 4) is 11.3 Å². The fraction of sp³-hybridized carbons (Fsp3) is 0.316. The number of fused-ring (bicyclic) bond motifs is 1. The summed E-state index contributed by atoms with van der Waals surface area (Å²) in [7, 11) is 0. The van der Waals surface area contributed by atoms with Gasteiger partial charge >= 0.3 is 5.97 Å². The quantitative estimate of drug-likeness (QED) is 0.474. The van der Waals surface area contributed by atoms with Crippen molar-refractivity contribution in [1.82, 2.24) is 14.6 Å². The Balaban J connectivity index is 1.55. The van der Waals surface area contributed by atoms with Crippen LogP contribution in [-0.4, -0.2) is 33.7 Å². The molecule has 0 aliphatic heterocycles. The topological polar surface area (TPSA) is 68.5 Å². The van der Waals surface area contributed by atoms with Gasteiger partial charge in [-0.2, -0.15) is 0 Å². The number of halogens is 1. The number of benzene rings is 1. The molecule has 0 fully saturated rings. The molecule has 2 aromatic heterocycles. The summed E-state index contributed by atoms with van der Waals surface area (Å²) in [5.74, 6) is -0.125. The molecular formula is C19H21ClN4O2. The van der Waals surface area contributed by atoms with E-state index in [2.05, 4.69) is 15.4 Å². The molecule has 2 heterocycles. The predicted octanol–water partition coefficient (Wildman–Crippen LogP) is 4.20. The maximum atomic E-state index is 11.3. The fourth-order valence-corrected chi connectivity index (χ4v) is 2.84. The van der Waals surface area contributed by atoms with Crippen LogP contribution >= 0.6 is 11.6 Å². The predicted molar refractivity (Wildman–Crippen MR) is 102 cm³/mol. The number of hydrogen-bond donors (Lipinski definition) is 1. The number of hydrogen-bond acceptors (Lipinski definition) is 5. The van der Waals surface area contributed by atoms with Gasteiger partial charge in [0.25, 0.3) is 0 Å². The van der Waals surface area contributed by atoms with Gasteiger partial charge in [0.05, 0.1) is 24.0 Å². The second-order valence-electron chi connectivity index (χ2n) is 5.85. The highest BCUT2D eigenvalue weighted by Gasteiger charge is 2.07. The zero-order chi connectivity index (χ0) is 18.4. The highest BCUT2D eigenvalue weighted by atomic mass is 35.5. The maximum Gasteiger partial charge on any atom is 0.305 e. The molecule has 6 nitrogen and oxygen atoms in total. The molecule has 0 atom stereocenters. The van der Waals surface area contributed by atoms with Gasteiger partial charge in [0.1, 0.15) is 0 Å². The van der Waals surface area contributed by atoms with Crippen LogP contribution in [0.2, 0.25) is 5.28 Å². The molecule has 1 aromatic carbocycles. The van der Waals surface area contributed by atoms with Crippen LogP contribution in [0.15, 0.2) is 42.6 Å². The van der Waals surface area contributed by atoms with E-state index in [9.17, 15) is 4.79 Å². The van der Waals surface area contributed by atoms with E-state index < -0.39 is 0 Å². The summed E-state index contributed by atoms with van der Waals surface area (Å²) < 4.78 is 6.70. The summed E-state index contributed by atoms with van der Waals surface area (Å²) in [5.41, 5.74) is 3.95. The molecule has 3 aromatic rings. The number of carbonyl (C=O) groups excluding carboxylic acids is 1. The zero-order valence-electron chi connectivity index (χ0n) is 14.6. The highest BCUT2D eigenvalue weighted by molar-refractivity contribution is 6.28. The standard InChI is InChI=1S/C19H21ClN4O2/c1-2-26-18(25)5-3-4-12-21-15-8-6-14(7-9-15)17-11-10-16-13-22-19(20)23-24(16)17/h6-11,13,21H,2-5,12H2,1H3. The summed E-state index contributed by atoms with van der Waals surface area (Å²) in [6.45, 7) is 3.08. The Morgan fingerprint density at radius 3 is 2.77 bits per heavy atom. The van der Waals surface area contributed by atoms with E-state index in [1.165, 1.54) is 0 Å². The Bertz CT molecular complexity index is 877. The molecule has 3 rings (SSSR count). The third-order valence-corrected chi connectivity index (χ3v) is 4.17. The van der Waals surface area contributed by atoms with Crippen molar-refractivity contribution in [2.24, 2.45) is 0 Å². The first-order chi connectivity index (χ1) is 12.7. The van der Waals surface area contributed by atoms with Crippen molar-refractivity contribution in [3.63, 3.8) is 0 Å². The van der Waals surface area contributed by atoms with Gasteiger partial charge < -0.3 is 10.1 Å². The van der Waals surface area contributed by atoms with Crippen LogP contribution in [0.1, 0.15) is 26.2 Å². The van der Waals surface area contributed by atoms with Crippen molar-refractivity contribution in [2.75, 3.05) is 18.5 Å². The van der Waals surface area contributed by atoms with E-state index in [4.69, 9.17) is 16.3 Å². The number of unbranched alkanes of at least 4 members (excludes halogenated alkanes) is 1. The lowest BCUT2D eigenvalue weighted by molar-refractivity contribution is -0.143. The van der Waals surface area contributed by atoms with Gasteiger partial charge in [0.2, 0.25) is 5.28 Å². The normalized spacial score (nSPS) is 10.8. The molecule has 0 aliphatic rings. The summed E-state index contributed by atoms with van der Waals surface area (Å²) >= 11 is 5.90. The Morgan fingerprint density at radius 2 is 2.00 bits per heavy atom. The van der Waals surface area contributed by atoms with Crippen molar-refractivity contribution in [2.45, 2.75) is 26.2 Å². The molecule has 136 valence electrons. The van der Waals surface area contributed by atoms with Crippen molar-refractivity contribution in [3.05, 3.63) is 47.9 Å². The summed E-state index contributed by atoms with van der Waals surface area (Å²) in [6, 6.07) is 12.1. The number of carbonyl (C=O) groups is 1. The Hall–Kier alpha value is -2.60. The molecule has 26 heavy (non-hydrogen) atoms. The minimum Gasteiger partial charge on any atom is -0.466 e. The number of esters is 1. The first-order valence-corrected chi connectivity index (χ1v) is 9.05. The summed E-state index contributed by atoms with van der Waals surface area (Å²) in [5, 5.41) is 7.83. The molecule has 0 amide bonds. The molecule has 0 radical (unpaired) electrons. The minimum atomic E-state index is -0.125. The van der Waals surface area contributed by atoms with E-state index in [1.807, 2.05) is 43.3 Å². The molecule has 0 saturated carbocycles. The monoisotopic (exact) mass is 372 g/mol. The first kappa shape index (κ1) is 18.2. The lowest BCUT2D eigenvalue weighted by Crippen LogP contribution is -2.06. The third kappa shape index (κ3) is 4.52. The fourth-order valence-electron chi connectivity index (χ4n) is 2.72. The Labute approximate surface area is 157 Å². The second kappa shape index (κ2) is 8.67. The van der Waals surface area contributed by atoms with E-state index in [0.29, 0.717) is 13.0 Å². The molecule has 0 saturated heterocycles. The molecular weight excluding hydrogens is 352 g/mol. The maximum absolute atomic E-state index is 11.3. The number of nitrogens with one attached hydrogen (secondary N) is 1. The summed E-state index contributed by atoms with van der Waals surface area (Å²) in [6.07, 6.45) is 3.91. The van der Waals surface area contributed by atoms with Gasteiger partial charge in [-0.05, 0) is 55.6 Å². The minimum absolute atomic E-state index is 0.125. The Morgan fingerprint density at radius 1 is 1.19 bits per heavy atom. The van der Waals surface area contributed by atoms with E-state index in [-0.39, 0.29) is 11.3 Å². The van der Waals surface area contributed by atoms with E-state index >= 15 is 0 Å². The SMILES string of the molecule is CCOC(=O)CCCCNc1ccc(-c2ccc3cnc(Cl)nn23)cc1. The lowest BCUT2D eigenvalue weighted by atomic mass is 10.1. The van der Waals surface area contributed by atoms with Gasteiger partial charge in [-0.1, -0.05) is 12.1 Å². The molecule has 0 bridgehead atoms. The average Bonchev–Trinajstić information content (AvgIpc) is 3.05. The van der Waals surface area contributed by atoms with Gasteiger partial charge in [0.15, 0.2) is 0 Å². The molecule has 7 heteroatoms. The van der Waals surface area contributed by atoms with Crippen LogP contribution in [0.25, 0.3) is 16.8 Å². The van der Waals surface area contributed by atoms with Crippen LogP contribution in [0.3, 0.4) is 0 Å². The van der Waals surface area contributed by atoms with Crippen LogP contribution in [0.4, 0.5) is 5.69 Å². The third-order valence-electron chi connectivity index (χ3n) is 3.99. The molecule has 0 aliphatic carbocycles. The van der Waals surface area contributed by atoms with E-state index in [1.54, 1.807) is 10.7 Å². The number of anilines is 1. The Kier molecular flexibility index (Phi) is 6.07. The lowest BCUT2D eigenvalue weighted by Gasteiger charge is -2.08. The number of aromatic nitrogens is 3. The van der Waals surface area contributed by atoms with Gasteiger partial charge in [-0.25, -0.2) is 9.50 Å². The highest BCUT2D eigenvalue weighted by Crippen LogP contribution is 2.23. The smallest absolute Gasteiger partial charge is 0.305 e. The van der Waals surface area contributed by atoms with Crippen LogP contribution < -0.4 is 5.32 Å². The van der Waals surface area contributed by atoms with Crippen LogP contribution in [0, 0.1) is 0 Å². The van der Waals surface area contributed by atoms with Crippen LogP contribution in [0.5, 0.6) is 0 Å². The number of ether oxygens (including phenoxy) is 1. The second-order valence-corrected chi connectivity index (χ2v) is 6.19. The van der Waals surface area contributed by atoms with Crippen molar-refractivity contribution in [1.29, 1.82) is 0 Å². The molecule has 0 spiro atoms. The van der Waals surface area contributed by atoms with Crippen molar-refractivity contribution < 1.29 is 9.53 Å². The van der Waals surface area contributed by atoms with Crippen LogP contribution in [-0.2, 0) is 9.53 Å². The largest absolute Gasteiger partial charge is 0.466 e. The van der Waals surface area contributed by atoms with Gasteiger partial charge in [-0.3, -0.25) is 4.79 Å². The first-order valence-electron chi connectivity index (χ1n) is 8.67. The van der Waals surface area contributed by atoms with E-state index in [0.717, 1.165) is 41.8 Å². The average molecular weight is 373 g/mol. The van der Waals surface area contributed by atoms with Crippen molar-refractivity contribution >= 4 is 28.8 Å². The number of rotatable bonds is 8. The summed E-state index contributed by atoms with van der Waals surface area (Å²) in [4.78, 5) is 15.3. The number of nitrogens with zero attached hydrogens (tertiary/aromatic N) is 3. The zero-order valence-corrected chi connectivity index (χ0v) is 15.4. The van der Waals surface area contributed by atoms with Gasteiger partial charge in [0, 0.05) is 24.2 Å². The molecule has 1 N–H and O–H groups in total. The van der Waals surface area contributed by atoms with Gasteiger partial charge in [-0.15, -0.1) is 5.10 Å². The molecule has 0 unspecified atom stereocenters.